The Morgan fingerprint density at radius 3 is 2.96 bits per heavy atom. The fourth-order valence-corrected chi connectivity index (χ4v) is 2.86. The van der Waals surface area contributed by atoms with Crippen LogP contribution in [-0.4, -0.2) is 26.2 Å². The molecule has 1 unspecified atom stereocenters. The van der Waals surface area contributed by atoms with Crippen molar-refractivity contribution in [3.8, 4) is 0 Å². The number of carbonyl (C=O) groups is 1. The lowest BCUT2D eigenvalue weighted by atomic mass is 9.85. The molecule has 2 heterocycles. The van der Waals surface area contributed by atoms with Crippen LogP contribution in [0.15, 0.2) is 18.5 Å². The van der Waals surface area contributed by atoms with Gasteiger partial charge in [0, 0.05) is 28.9 Å². The standard InChI is InChI=1S/C15H15F3N4O2/c16-15(17,18)13-10-5-8(1-2-11(10)21-22-13)14(24)20-12-6-19-4-3-9(12)7-23/h3-4,6,8,23H,1-2,5,7H2,(H,20,24)(H,21,22). The van der Waals surface area contributed by atoms with Crippen molar-refractivity contribution in [1.29, 1.82) is 0 Å². The lowest BCUT2D eigenvalue weighted by Crippen LogP contribution is -2.29. The first-order chi connectivity index (χ1) is 11.4. The Bertz CT molecular complexity index is 757. The third-order valence-electron chi connectivity index (χ3n) is 4.12. The number of anilines is 1. The summed E-state index contributed by atoms with van der Waals surface area (Å²) in [7, 11) is 0. The molecule has 0 aromatic carbocycles. The first-order valence-corrected chi connectivity index (χ1v) is 7.38. The van der Waals surface area contributed by atoms with E-state index >= 15 is 0 Å². The molecule has 2 aromatic heterocycles. The molecular weight excluding hydrogens is 325 g/mol. The number of hydrogen-bond acceptors (Lipinski definition) is 4. The summed E-state index contributed by atoms with van der Waals surface area (Å²) in [6.07, 6.45) is -0.938. The van der Waals surface area contributed by atoms with E-state index in [1.54, 1.807) is 6.07 Å². The largest absolute Gasteiger partial charge is 0.435 e. The second kappa shape index (κ2) is 6.23. The van der Waals surface area contributed by atoms with Crippen LogP contribution in [0, 0.1) is 5.92 Å². The molecule has 0 saturated carbocycles. The number of fused-ring (bicyclic) bond motifs is 1. The van der Waals surface area contributed by atoms with Crippen LogP contribution >= 0.6 is 0 Å². The third-order valence-corrected chi connectivity index (χ3v) is 4.12. The summed E-state index contributed by atoms with van der Waals surface area (Å²) in [5, 5.41) is 17.7. The maximum absolute atomic E-state index is 13.0. The van der Waals surface area contributed by atoms with Gasteiger partial charge >= 0.3 is 6.18 Å². The molecular formula is C15H15F3N4O2. The Morgan fingerprint density at radius 1 is 1.46 bits per heavy atom. The van der Waals surface area contributed by atoms with Crippen molar-refractivity contribution in [3.63, 3.8) is 0 Å². The van der Waals surface area contributed by atoms with Crippen LogP contribution in [-0.2, 0) is 30.4 Å². The van der Waals surface area contributed by atoms with Crippen molar-refractivity contribution in [2.45, 2.75) is 32.0 Å². The van der Waals surface area contributed by atoms with Gasteiger partial charge in [-0.05, 0) is 25.3 Å². The zero-order valence-corrected chi connectivity index (χ0v) is 12.5. The Morgan fingerprint density at radius 2 is 2.25 bits per heavy atom. The second-order valence-electron chi connectivity index (χ2n) is 5.65. The first-order valence-electron chi connectivity index (χ1n) is 7.38. The van der Waals surface area contributed by atoms with Gasteiger partial charge in [-0.25, -0.2) is 0 Å². The van der Waals surface area contributed by atoms with Gasteiger partial charge in [0.25, 0.3) is 0 Å². The minimum atomic E-state index is -4.55. The summed E-state index contributed by atoms with van der Waals surface area (Å²) in [5.74, 6) is -0.986. The number of aliphatic hydroxyl groups excluding tert-OH is 1. The quantitative estimate of drug-likeness (QED) is 0.798. The number of carbonyl (C=O) groups excluding carboxylic acids is 1. The summed E-state index contributed by atoms with van der Waals surface area (Å²) >= 11 is 0. The van der Waals surface area contributed by atoms with Crippen LogP contribution in [0.5, 0.6) is 0 Å². The summed E-state index contributed by atoms with van der Waals surface area (Å²) < 4.78 is 38.9. The molecule has 1 amide bonds. The normalized spacial score (nSPS) is 17.4. The smallest absolute Gasteiger partial charge is 0.392 e. The molecule has 3 N–H and O–H groups in total. The molecule has 1 aliphatic rings. The van der Waals surface area contributed by atoms with Crippen LogP contribution in [0.25, 0.3) is 0 Å². The highest BCUT2D eigenvalue weighted by molar-refractivity contribution is 5.93. The van der Waals surface area contributed by atoms with Gasteiger partial charge in [0.1, 0.15) is 0 Å². The van der Waals surface area contributed by atoms with E-state index in [1.807, 2.05) is 0 Å². The van der Waals surface area contributed by atoms with E-state index in [4.69, 9.17) is 0 Å². The molecule has 1 atom stereocenters. The molecule has 128 valence electrons. The zero-order chi connectivity index (χ0) is 17.3. The predicted octanol–water partition coefficient (Wildman–Crippen LogP) is 2.06. The number of alkyl halides is 3. The lowest BCUT2D eigenvalue weighted by molar-refractivity contribution is -0.142. The molecule has 1 aliphatic carbocycles. The Labute approximate surface area is 135 Å². The summed E-state index contributed by atoms with van der Waals surface area (Å²) in [5.41, 5.74) is 0.395. The Kier molecular flexibility index (Phi) is 4.27. The van der Waals surface area contributed by atoms with E-state index < -0.39 is 23.7 Å². The highest BCUT2D eigenvalue weighted by atomic mass is 19.4. The van der Waals surface area contributed by atoms with Crippen molar-refractivity contribution in [2.24, 2.45) is 5.92 Å². The van der Waals surface area contributed by atoms with E-state index in [-0.39, 0.29) is 18.6 Å². The average molecular weight is 340 g/mol. The van der Waals surface area contributed by atoms with Gasteiger partial charge in [-0.15, -0.1) is 0 Å². The van der Waals surface area contributed by atoms with Crippen molar-refractivity contribution in [3.05, 3.63) is 41.0 Å². The van der Waals surface area contributed by atoms with Gasteiger partial charge in [-0.2, -0.15) is 18.3 Å². The third kappa shape index (κ3) is 3.12. The van der Waals surface area contributed by atoms with Gasteiger partial charge in [-0.3, -0.25) is 14.9 Å². The second-order valence-corrected chi connectivity index (χ2v) is 5.65. The first kappa shape index (κ1) is 16.4. The number of aryl methyl sites for hydroxylation is 1. The Balaban J connectivity index is 1.78. The lowest BCUT2D eigenvalue weighted by Gasteiger charge is -2.22. The molecule has 0 bridgehead atoms. The van der Waals surface area contributed by atoms with Gasteiger partial charge in [0.15, 0.2) is 5.69 Å². The van der Waals surface area contributed by atoms with Gasteiger partial charge in [0.2, 0.25) is 5.91 Å². The maximum Gasteiger partial charge on any atom is 0.435 e. The SMILES string of the molecule is O=C(Nc1cnccc1CO)C1CCc2[nH]nc(C(F)(F)F)c2C1. The predicted molar refractivity (Wildman–Crippen MR) is 77.9 cm³/mol. The molecule has 0 fully saturated rings. The minimum absolute atomic E-state index is 0.0266. The van der Waals surface area contributed by atoms with E-state index in [0.717, 1.165) is 0 Å². The van der Waals surface area contributed by atoms with E-state index in [1.165, 1.54) is 12.4 Å². The zero-order valence-electron chi connectivity index (χ0n) is 12.5. The van der Waals surface area contributed by atoms with Crippen LogP contribution in [0.1, 0.15) is 28.9 Å². The fraction of sp³-hybridized carbons (Fsp3) is 0.400. The number of nitrogens with one attached hydrogen (secondary N) is 2. The number of nitrogens with zero attached hydrogens (tertiary/aromatic N) is 2. The molecule has 6 nitrogen and oxygen atoms in total. The van der Waals surface area contributed by atoms with Crippen LogP contribution < -0.4 is 5.32 Å². The maximum atomic E-state index is 13.0. The molecule has 24 heavy (non-hydrogen) atoms. The number of H-pyrrole nitrogens is 1. The number of amides is 1. The van der Waals surface area contributed by atoms with Crippen molar-refractivity contribution in [2.75, 3.05) is 5.32 Å². The van der Waals surface area contributed by atoms with E-state index in [0.29, 0.717) is 29.8 Å². The van der Waals surface area contributed by atoms with Crippen LogP contribution in [0.4, 0.5) is 18.9 Å². The van der Waals surface area contributed by atoms with Gasteiger partial charge in [-0.1, -0.05) is 0 Å². The van der Waals surface area contributed by atoms with Gasteiger partial charge in [0.05, 0.1) is 18.5 Å². The molecule has 2 aromatic rings. The summed E-state index contributed by atoms with van der Waals surface area (Å²) in [6.45, 7) is -0.271. The molecule has 0 spiro atoms. The fourth-order valence-electron chi connectivity index (χ4n) is 2.86. The monoisotopic (exact) mass is 340 g/mol. The van der Waals surface area contributed by atoms with Crippen LogP contribution in [0.3, 0.4) is 0 Å². The van der Waals surface area contributed by atoms with Crippen molar-refractivity contribution < 1.29 is 23.1 Å². The van der Waals surface area contributed by atoms with E-state index in [2.05, 4.69) is 20.5 Å². The van der Waals surface area contributed by atoms with Crippen molar-refractivity contribution in [1.82, 2.24) is 15.2 Å². The average Bonchev–Trinajstić information content (AvgIpc) is 2.98. The number of aromatic nitrogens is 3. The topological polar surface area (TPSA) is 90.9 Å². The number of hydrogen-bond donors (Lipinski definition) is 3. The number of aliphatic hydroxyl groups is 1. The summed E-state index contributed by atoms with van der Waals surface area (Å²) in [6, 6.07) is 1.56. The Hall–Kier alpha value is -2.42. The number of pyridine rings is 1. The highest BCUT2D eigenvalue weighted by Gasteiger charge is 2.40. The number of aromatic amines is 1. The minimum Gasteiger partial charge on any atom is -0.392 e. The molecule has 0 aliphatic heterocycles. The van der Waals surface area contributed by atoms with Gasteiger partial charge < -0.3 is 10.4 Å². The molecule has 9 heteroatoms. The molecule has 0 saturated heterocycles. The highest BCUT2D eigenvalue weighted by Crippen LogP contribution is 2.36. The van der Waals surface area contributed by atoms with E-state index in [9.17, 15) is 23.1 Å². The van der Waals surface area contributed by atoms with Crippen LogP contribution in [0.2, 0.25) is 0 Å². The van der Waals surface area contributed by atoms with Crippen molar-refractivity contribution >= 4 is 11.6 Å². The number of rotatable bonds is 3. The summed E-state index contributed by atoms with van der Waals surface area (Å²) in [4.78, 5) is 16.3. The molecule has 3 rings (SSSR count). The molecule has 0 radical (unpaired) electrons. The number of halogens is 3.